The van der Waals surface area contributed by atoms with Crippen LogP contribution in [0.25, 0.3) is 34.2 Å². The number of ether oxygens (including phenoxy) is 1. The maximum atomic E-state index is 9.59. The van der Waals surface area contributed by atoms with Crippen molar-refractivity contribution in [2.75, 3.05) is 6.61 Å². The summed E-state index contributed by atoms with van der Waals surface area (Å²) in [6, 6.07) is 24.8. The Hall–Kier alpha value is -3.77. The van der Waals surface area contributed by atoms with E-state index in [0.29, 0.717) is 35.4 Å². The monoisotopic (exact) mass is 441 g/mol. The number of benzene rings is 3. The van der Waals surface area contributed by atoms with Gasteiger partial charge in [-0.25, -0.2) is 20.2 Å². The second-order valence-corrected chi connectivity index (χ2v) is 7.70. The molecule has 0 atom stereocenters. The van der Waals surface area contributed by atoms with Crippen LogP contribution in [0.4, 0.5) is 0 Å². The molecule has 1 aromatic heterocycles. The summed E-state index contributed by atoms with van der Waals surface area (Å²) in [5, 5.41) is 9.59. The van der Waals surface area contributed by atoms with E-state index in [2.05, 4.69) is 21.9 Å². The van der Waals surface area contributed by atoms with Crippen LogP contribution in [0, 0.1) is 0 Å². The highest BCUT2D eigenvalue weighted by Gasteiger charge is 2.16. The van der Waals surface area contributed by atoms with Crippen molar-refractivity contribution in [1.82, 2.24) is 15.0 Å². The molecule has 4 rings (SSSR count). The summed E-state index contributed by atoms with van der Waals surface area (Å²) in [5.74, 6) is 2.34. The van der Waals surface area contributed by atoms with Crippen molar-refractivity contribution in [3.63, 3.8) is 0 Å². The van der Waals surface area contributed by atoms with Crippen molar-refractivity contribution < 1.29 is 14.9 Å². The molecule has 3 aromatic carbocycles. The van der Waals surface area contributed by atoms with Gasteiger partial charge in [-0.1, -0.05) is 86.8 Å². The van der Waals surface area contributed by atoms with E-state index >= 15 is 0 Å². The molecule has 1 heterocycles. The third kappa shape index (κ3) is 5.73. The number of hydrogen-bond acceptors (Lipinski definition) is 6. The molecule has 0 radical (unpaired) electrons. The standard InChI is InChI=1S/C27H27N3O3/c1-2-3-4-11-18-32-22-16-17-23(24(19-22)33-31)27-29-25(20-12-7-5-8-13-20)28-26(30-27)21-14-9-6-10-15-21/h5-10,12-17,19,31H,2-4,11,18H2,1H3. The van der Waals surface area contributed by atoms with Crippen LogP contribution in [-0.4, -0.2) is 26.8 Å². The molecule has 0 fully saturated rings. The first kappa shape index (κ1) is 22.4. The molecule has 0 saturated heterocycles. The molecule has 0 aliphatic carbocycles. The Labute approximate surface area is 193 Å². The molecule has 4 aromatic rings. The van der Waals surface area contributed by atoms with E-state index in [9.17, 15) is 5.26 Å². The Morgan fingerprint density at radius 3 is 1.88 bits per heavy atom. The van der Waals surface area contributed by atoms with E-state index in [-0.39, 0.29) is 5.75 Å². The fourth-order valence-corrected chi connectivity index (χ4v) is 3.50. The van der Waals surface area contributed by atoms with Gasteiger partial charge in [0.05, 0.1) is 12.2 Å². The predicted octanol–water partition coefficient (Wildman–Crippen LogP) is 6.68. The van der Waals surface area contributed by atoms with E-state index in [4.69, 9.17) is 9.62 Å². The smallest absolute Gasteiger partial charge is 0.179 e. The van der Waals surface area contributed by atoms with Crippen LogP contribution in [0.2, 0.25) is 0 Å². The highest BCUT2D eigenvalue weighted by molar-refractivity contribution is 5.70. The third-order valence-electron chi connectivity index (χ3n) is 5.26. The van der Waals surface area contributed by atoms with Gasteiger partial charge in [-0.05, 0) is 18.6 Å². The lowest BCUT2D eigenvalue weighted by Crippen LogP contribution is -2.02. The topological polar surface area (TPSA) is 77.4 Å². The largest absolute Gasteiger partial charge is 0.493 e. The highest BCUT2D eigenvalue weighted by atomic mass is 17.1. The van der Waals surface area contributed by atoms with Crippen molar-refractivity contribution in [3.8, 4) is 45.7 Å². The fraction of sp³-hybridized carbons (Fsp3) is 0.222. The summed E-state index contributed by atoms with van der Waals surface area (Å²) < 4.78 is 5.83. The fourth-order valence-electron chi connectivity index (χ4n) is 3.50. The van der Waals surface area contributed by atoms with Gasteiger partial charge in [-0.15, -0.1) is 0 Å². The molecule has 0 bridgehead atoms. The molecule has 168 valence electrons. The van der Waals surface area contributed by atoms with Gasteiger partial charge in [-0.2, -0.15) is 0 Å². The first-order chi connectivity index (χ1) is 16.3. The van der Waals surface area contributed by atoms with Gasteiger partial charge in [0.1, 0.15) is 5.75 Å². The van der Waals surface area contributed by atoms with Crippen LogP contribution in [0.3, 0.4) is 0 Å². The van der Waals surface area contributed by atoms with Gasteiger partial charge < -0.3 is 9.62 Å². The number of aromatic nitrogens is 3. The van der Waals surface area contributed by atoms with Crippen molar-refractivity contribution >= 4 is 0 Å². The van der Waals surface area contributed by atoms with Gasteiger partial charge >= 0.3 is 0 Å². The van der Waals surface area contributed by atoms with Crippen molar-refractivity contribution in [3.05, 3.63) is 78.9 Å². The van der Waals surface area contributed by atoms with Gasteiger partial charge in [0, 0.05) is 17.2 Å². The minimum atomic E-state index is 0.227. The van der Waals surface area contributed by atoms with E-state index in [0.717, 1.165) is 24.0 Å². The number of hydrogen-bond donors (Lipinski definition) is 1. The van der Waals surface area contributed by atoms with Crippen molar-refractivity contribution in [2.24, 2.45) is 0 Å². The summed E-state index contributed by atoms with van der Waals surface area (Å²) in [7, 11) is 0. The summed E-state index contributed by atoms with van der Waals surface area (Å²) in [4.78, 5) is 18.7. The second kappa shape index (κ2) is 11.2. The summed E-state index contributed by atoms with van der Waals surface area (Å²) in [6.45, 7) is 2.80. The molecule has 1 N–H and O–H groups in total. The number of nitrogens with zero attached hydrogens (tertiary/aromatic N) is 3. The van der Waals surface area contributed by atoms with Crippen LogP contribution < -0.4 is 9.62 Å². The van der Waals surface area contributed by atoms with Gasteiger partial charge in [0.15, 0.2) is 23.2 Å². The van der Waals surface area contributed by atoms with E-state index in [1.807, 2.05) is 66.7 Å². The molecule has 33 heavy (non-hydrogen) atoms. The minimum absolute atomic E-state index is 0.227. The third-order valence-corrected chi connectivity index (χ3v) is 5.26. The lowest BCUT2D eigenvalue weighted by molar-refractivity contribution is -0.137. The van der Waals surface area contributed by atoms with E-state index < -0.39 is 0 Å². The van der Waals surface area contributed by atoms with Crippen LogP contribution in [-0.2, 0) is 0 Å². The van der Waals surface area contributed by atoms with Crippen LogP contribution >= 0.6 is 0 Å². The SMILES string of the molecule is CCCCCCOc1ccc(-c2nc(-c3ccccc3)nc(-c3ccccc3)n2)c(OO)c1. The molecular weight excluding hydrogens is 414 g/mol. The number of unbranched alkanes of at least 4 members (excludes halogenated alkanes) is 3. The van der Waals surface area contributed by atoms with Gasteiger partial charge in [0.2, 0.25) is 0 Å². The first-order valence-corrected chi connectivity index (χ1v) is 11.2. The van der Waals surface area contributed by atoms with Crippen LogP contribution in [0.15, 0.2) is 78.9 Å². The van der Waals surface area contributed by atoms with Gasteiger partial charge in [-0.3, -0.25) is 0 Å². The molecule has 0 spiro atoms. The Kier molecular flexibility index (Phi) is 7.61. The Morgan fingerprint density at radius 2 is 1.30 bits per heavy atom. The minimum Gasteiger partial charge on any atom is -0.493 e. The first-order valence-electron chi connectivity index (χ1n) is 11.2. The molecule has 0 aliphatic heterocycles. The maximum absolute atomic E-state index is 9.59. The Balaban J connectivity index is 1.70. The summed E-state index contributed by atoms with van der Waals surface area (Å²) in [5.41, 5.74) is 2.29. The normalized spacial score (nSPS) is 10.7. The highest BCUT2D eigenvalue weighted by Crippen LogP contribution is 2.33. The van der Waals surface area contributed by atoms with Crippen LogP contribution in [0.5, 0.6) is 11.5 Å². The molecule has 6 heteroatoms. The quantitative estimate of drug-likeness (QED) is 0.168. The molecular formula is C27H27N3O3. The zero-order valence-corrected chi connectivity index (χ0v) is 18.6. The summed E-state index contributed by atoms with van der Waals surface area (Å²) >= 11 is 0. The van der Waals surface area contributed by atoms with E-state index in [1.165, 1.54) is 12.8 Å². The lowest BCUT2D eigenvalue weighted by atomic mass is 10.1. The molecule has 0 saturated carbocycles. The zero-order chi connectivity index (χ0) is 22.9. The van der Waals surface area contributed by atoms with Crippen LogP contribution in [0.1, 0.15) is 32.6 Å². The lowest BCUT2D eigenvalue weighted by Gasteiger charge is -2.12. The van der Waals surface area contributed by atoms with E-state index in [1.54, 1.807) is 12.1 Å². The Bertz CT molecular complexity index is 1110. The second-order valence-electron chi connectivity index (χ2n) is 7.70. The van der Waals surface area contributed by atoms with Crippen molar-refractivity contribution in [1.29, 1.82) is 0 Å². The predicted molar refractivity (Wildman–Crippen MR) is 129 cm³/mol. The summed E-state index contributed by atoms with van der Waals surface area (Å²) in [6.07, 6.45) is 4.49. The van der Waals surface area contributed by atoms with Gasteiger partial charge in [0.25, 0.3) is 0 Å². The zero-order valence-electron chi connectivity index (χ0n) is 18.6. The average molecular weight is 442 g/mol. The Morgan fingerprint density at radius 1 is 0.697 bits per heavy atom. The average Bonchev–Trinajstić information content (AvgIpc) is 2.89. The maximum Gasteiger partial charge on any atom is 0.179 e. The molecule has 0 amide bonds. The number of rotatable bonds is 10. The molecule has 6 nitrogen and oxygen atoms in total. The molecule has 0 unspecified atom stereocenters. The van der Waals surface area contributed by atoms with Crippen molar-refractivity contribution in [2.45, 2.75) is 32.6 Å². The molecule has 0 aliphatic rings.